The van der Waals surface area contributed by atoms with Gasteiger partial charge in [0.25, 0.3) is 0 Å². The third-order valence-corrected chi connectivity index (χ3v) is 1.81. The minimum Gasteiger partial charge on any atom is -2.00 e. The summed E-state index contributed by atoms with van der Waals surface area (Å²) in [5.41, 5.74) is 0. The standard InChI is InChI=1S/2C4H7NO.2NO3.2O.U/c2*6-4-2-1-3-5-4;2*2-1(3)4;;;/h2*1-3H2,(H,5,6);;;;;/q;;2*-1;2*-2;. The molecule has 2 aliphatic rings. The van der Waals surface area contributed by atoms with Gasteiger partial charge in [0.15, 0.2) is 0 Å². The van der Waals surface area contributed by atoms with Crippen molar-refractivity contribution < 1.29 is 72.4 Å². The molecule has 0 spiro atoms. The second-order valence-corrected chi connectivity index (χ2v) is 3.35. The van der Waals surface area contributed by atoms with Crippen LogP contribution in [0.1, 0.15) is 25.7 Å². The van der Waals surface area contributed by atoms with E-state index < -0.39 is 10.2 Å². The fourth-order valence-electron chi connectivity index (χ4n) is 1.13. The first-order valence-corrected chi connectivity index (χ1v) is 5.42. The van der Waals surface area contributed by atoms with Crippen molar-refractivity contribution in [3.63, 3.8) is 0 Å². The molecular weight excluding hydrogens is 550 g/mol. The van der Waals surface area contributed by atoms with E-state index >= 15 is 0 Å². The molecule has 0 unspecified atom stereocenters. The molecule has 0 bridgehead atoms. The number of hydrogen-bond acceptors (Lipinski definition) is 8. The fraction of sp³-hybridized carbons (Fsp3) is 0.750. The Morgan fingerprint density at radius 3 is 1.00 bits per heavy atom. The summed E-state index contributed by atoms with van der Waals surface area (Å²) in [6, 6.07) is 0. The minimum atomic E-state index is -1.75. The summed E-state index contributed by atoms with van der Waals surface area (Å²) in [6.07, 6.45) is 3.53. The van der Waals surface area contributed by atoms with E-state index in [1.165, 1.54) is 0 Å². The van der Waals surface area contributed by atoms with Gasteiger partial charge in [-0.1, -0.05) is 0 Å². The van der Waals surface area contributed by atoms with Crippen LogP contribution in [0.3, 0.4) is 0 Å². The summed E-state index contributed by atoms with van der Waals surface area (Å²) >= 11 is 0. The van der Waals surface area contributed by atoms with Crippen molar-refractivity contribution in [3.05, 3.63) is 30.6 Å². The van der Waals surface area contributed by atoms with Crippen molar-refractivity contribution in [1.82, 2.24) is 0 Å². The van der Waals surface area contributed by atoms with Gasteiger partial charge in [0.1, 0.15) is 24.9 Å². The summed E-state index contributed by atoms with van der Waals surface area (Å²) in [5.74, 6) is 0.407. The van der Waals surface area contributed by atoms with Gasteiger partial charge in [-0.05, 0) is 0 Å². The van der Waals surface area contributed by atoms with E-state index in [4.69, 9.17) is 30.6 Å². The topological polar surface area (TPSA) is 263 Å². The Balaban J connectivity index is -0.0000000613. The molecule has 0 atom stereocenters. The molecule has 0 aromatic heterocycles. The maximum absolute atomic E-state index is 10.1. The molecule has 23 heavy (non-hydrogen) atoms. The van der Waals surface area contributed by atoms with E-state index in [2.05, 4.69) is 9.98 Å². The summed E-state index contributed by atoms with van der Waals surface area (Å²) in [4.78, 5) is 21.9. The van der Waals surface area contributed by atoms with Gasteiger partial charge in [-0.15, -0.1) is 0 Å². The van der Waals surface area contributed by atoms with Gasteiger partial charge in [-0.3, -0.25) is 9.98 Å². The van der Waals surface area contributed by atoms with Crippen molar-refractivity contribution in [3.8, 4) is 0 Å². The number of nitrogens with zero attached hydrogens (tertiary/aromatic N) is 2. The number of hydrogen-bond donors (Lipinski definition) is 2. The Bertz CT molecular complexity index is 323. The second-order valence-electron chi connectivity index (χ2n) is 3.35. The maximum Gasteiger partial charge on any atom is 0.140 e. The van der Waals surface area contributed by atoms with Crippen LogP contribution in [0.5, 0.6) is 0 Å². The van der Waals surface area contributed by atoms with E-state index in [0.717, 1.165) is 38.8 Å². The fourth-order valence-corrected chi connectivity index (χ4v) is 1.13. The molecule has 2 N–H and O–H groups in total. The van der Waals surface area contributed by atoms with Crippen LogP contribution < -0.4 is 20.2 Å². The number of nitrogens with one attached hydrogen (secondary N) is 2. The smallest absolute Gasteiger partial charge is 0.140 e. The Hall–Kier alpha value is -1.69. The van der Waals surface area contributed by atoms with Gasteiger partial charge in [0, 0.05) is 56.8 Å². The Kier molecular flexibility index (Phi) is 32.5. The minimum absolute atomic E-state index is 0. The second kappa shape index (κ2) is 22.6. The van der Waals surface area contributed by atoms with Crippen molar-refractivity contribution in [2.24, 2.45) is 0 Å². The van der Waals surface area contributed by atoms with Crippen LogP contribution >= 0.6 is 0 Å². The molecular formula is C8H14N4O10U-6. The Morgan fingerprint density at radius 1 is 0.739 bits per heavy atom. The van der Waals surface area contributed by atoms with Crippen LogP contribution in [0.15, 0.2) is 0 Å². The quantitative estimate of drug-likeness (QED) is 0.211. The molecule has 14 nitrogen and oxygen atoms in total. The Labute approximate surface area is 153 Å². The number of rotatable bonds is 0. The van der Waals surface area contributed by atoms with E-state index in [1.54, 1.807) is 0 Å². The van der Waals surface area contributed by atoms with Crippen LogP contribution in [0.25, 0.3) is 0 Å². The summed E-state index contributed by atoms with van der Waals surface area (Å²) in [7, 11) is 0. The third kappa shape index (κ3) is 44.9. The van der Waals surface area contributed by atoms with Crippen LogP contribution in [0, 0.1) is 61.8 Å². The molecule has 0 radical (unpaired) electrons. The van der Waals surface area contributed by atoms with Crippen LogP contribution in [-0.4, -0.2) is 35.1 Å². The third-order valence-electron chi connectivity index (χ3n) is 1.81. The van der Waals surface area contributed by atoms with Crippen molar-refractivity contribution in [2.45, 2.75) is 25.7 Å². The van der Waals surface area contributed by atoms with Gasteiger partial charge < -0.3 is 51.8 Å². The molecule has 2 rings (SSSR count). The molecule has 136 valence electrons. The molecule has 0 saturated heterocycles. The zero-order chi connectivity index (χ0) is 16.0. The molecule has 0 aromatic carbocycles. The first-order chi connectivity index (χ1) is 9.25. The van der Waals surface area contributed by atoms with E-state index in [0.29, 0.717) is 0 Å². The SMILES string of the molecule is O=[N+]([O-])[O-].O=[N+]([O-])[O-].[O-2].[O-2].[O-]C1=[NH+]CCC1.[O-]C1=[NH+]CCC1.[U]. The molecule has 0 aromatic rings. The average Bonchev–Trinajstić information content (AvgIpc) is 2.91. The van der Waals surface area contributed by atoms with Crippen molar-refractivity contribution in [2.75, 3.05) is 13.1 Å². The van der Waals surface area contributed by atoms with Crippen LogP contribution in [-0.2, 0) is 11.0 Å². The van der Waals surface area contributed by atoms with E-state index in [9.17, 15) is 10.2 Å². The first-order valence-electron chi connectivity index (χ1n) is 5.42. The molecule has 2 aliphatic heterocycles. The normalized spacial score (nSPS) is 13.0. The van der Waals surface area contributed by atoms with Gasteiger partial charge >= 0.3 is 0 Å². The van der Waals surface area contributed by atoms with E-state index in [1.807, 2.05) is 0 Å². The summed E-state index contributed by atoms with van der Waals surface area (Å²) < 4.78 is 0. The zero-order valence-electron chi connectivity index (χ0n) is 11.7. The molecule has 0 saturated carbocycles. The first kappa shape index (κ1) is 33.0. The van der Waals surface area contributed by atoms with Crippen molar-refractivity contribution in [1.29, 1.82) is 0 Å². The largest absolute Gasteiger partial charge is 2.00 e. The molecule has 0 amide bonds. The molecule has 15 heteroatoms. The van der Waals surface area contributed by atoms with E-state index in [-0.39, 0.29) is 53.9 Å². The summed E-state index contributed by atoms with van der Waals surface area (Å²) in [5, 5.41) is 49.8. The molecule has 0 aliphatic carbocycles. The monoisotopic (exact) mass is 564 g/mol. The summed E-state index contributed by atoms with van der Waals surface area (Å²) in [6.45, 7) is 1.78. The molecule has 2 heterocycles. The Morgan fingerprint density at radius 2 is 0.957 bits per heavy atom. The predicted octanol–water partition coefficient (Wildman–Crippen LogP) is -5.48. The zero-order valence-corrected chi connectivity index (χ0v) is 15.9. The average molecular weight is 564 g/mol. The van der Waals surface area contributed by atoms with Gasteiger partial charge in [-0.25, -0.2) is 0 Å². The van der Waals surface area contributed by atoms with Crippen LogP contribution in [0.4, 0.5) is 0 Å². The van der Waals surface area contributed by atoms with Gasteiger partial charge in [0.05, 0.1) is 10.2 Å². The van der Waals surface area contributed by atoms with Crippen LogP contribution in [0.2, 0.25) is 0 Å². The van der Waals surface area contributed by atoms with Gasteiger partial charge in [0.2, 0.25) is 0 Å². The maximum atomic E-state index is 10.1. The predicted molar refractivity (Wildman–Crippen MR) is 62.2 cm³/mol. The van der Waals surface area contributed by atoms with Crippen molar-refractivity contribution >= 4 is 11.8 Å². The van der Waals surface area contributed by atoms with Gasteiger partial charge in [-0.2, -0.15) is 0 Å². The molecule has 0 fully saturated rings.